The normalized spacial score (nSPS) is 15.5. The predicted octanol–water partition coefficient (Wildman–Crippen LogP) is 6.85. The molecule has 4 atom stereocenters. The minimum absolute atomic E-state index is 0.729. The van der Waals surface area contributed by atoms with Crippen LogP contribution in [-0.2, 0) is 13.1 Å². The second-order valence-electron chi connectivity index (χ2n) is 9.96. The van der Waals surface area contributed by atoms with Crippen molar-refractivity contribution in [1.82, 2.24) is 0 Å². The molecule has 2 nitrogen and oxygen atoms in total. The minimum Gasteiger partial charge on any atom is -0.205 e. The van der Waals surface area contributed by atoms with Gasteiger partial charge in [0, 0.05) is 36.1 Å². The van der Waals surface area contributed by atoms with E-state index in [1.54, 1.807) is 0 Å². The fraction of sp³-hybridized carbons (Fsp3) is 0.643. The standard InChI is InChI=1S/C28H46N2/c1-7-23(3)9-11-25(5)21-29-17-13-27(14-18-29)28-15-19-30(20-16-28)22-26(6)12-10-24(4)8-2/h13-20,23-26H,7-12,21-22H2,1-6H3/q+2. The van der Waals surface area contributed by atoms with Gasteiger partial charge in [-0.3, -0.25) is 0 Å². The Morgan fingerprint density at radius 3 is 1.13 bits per heavy atom. The molecule has 30 heavy (non-hydrogen) atoms. The van der Waals surface area contributed by atoms with Gasteiger partial charge in [0.05, 0.1) is 0 Å². The van der Waals surface area contributed by atoms with Crippen LogP contribution in [-0.4, -0.2) is 0 Å². The molecular formula is C28H46N2+2. The highest BCUT2D eigenvalue weighted by Gasteiger charge is 2.13. The van der Waals surface area contributed by atoms with Crippen LogP contribution in [0.15, 0.2) is 49.1 Å². The average molecular weight is 411 g/mol. The zero-order chi connectivity index (χ0) is 21.9. The monoisotopic (exact) mass is 410 g/mol. The molecule has 2 rings (SSSR count). The highest BCUT2D eigenvalue weighted by atomic mass is 14.9. The zero-order valence-electron chi connectivity index (χ0n) is 20.5. The Bertz CT molecular complexity index is 641. The van der Waals surface area contributed by atoms with E-state index in [9.17, 15) is 0 Å². The summed E-state index contributed by atoms with van der Waals surface area (Å²) in [7, 11) is 0. The van der Waals surface area contributed by atoms with Gasteiger partial charge >= 0.3 is 0 Å². The fourth-order valence-electron chi connectivity index (χ4n) is 3.99. The minimum atomic E-state index is 0.729. The number of hydrogen-bond acceptors (Lipinski definition) is 0. The largest absolute Gasteiger partial charge is 0.205 e. The second kappa shape index (κ2) is 12.9. The van der Waals surface area contributed by atoms with Crippen LogP contribution >= 0.6 is 0 Å². The second-order valence-corrected chi connectivity index (χ2v) is 9.96. The van der Waals surface area contributed by atoms with Gasteiger partial charge in [-0.25, -0.2) is 9.13 Å². The Hall–Kier alpha value is -1.70. The molecule has 0 aliphatic carbocycles. The van der Waals surface area contributed by atoms with E-state index in [0.29, 0.717) is 0 Å². The van der Waals surface area contributed by atoms with Crippen molar-refractivity contribution in [1.29, 1.82) is 0 Å². The van der Waals surface area contributed by atoms with Crippen LogP contribution in [0.25, 0.3) is 11.1 Å². The van der Waals surface area contributed by atoms with E-state index in [0.717, 1.165) is 36.8 Å². The Morgan fingerprint density at radius 1 is 0.533 bits per heavy atom. The Morgan fingerprint density at radius 2 is 0.833 bits per heavy atom. The molecule has 0 N–H and O–H groups in total. The van der Waals surface area contributed by atoms with Gasteiger partial charge in [-0.1, -0.05) is 67.2 Å². The van der Waals surface area contributed by atoms with Crippen molar-refractivity contribution < 1.29 is 9.13 Å². The van der Waals surface area contributed by atoms with Crippen LogP contribution in [0.3, 0.4) is 0 Å². The summed E-state index contributed by atoms with van der Waals surface area (Å²) in [5.74, 6) is 3.16. The smallest absolute Gasteiger partial charge is 0.169 e. The van der Waals surface area contributed by atoms with E-state index in [2.05, 4.69) is 99.7 Å². The van der Waals surface area contributed by atoms with Crippen LogP contribution in [0.1, 0.15) is 80.1 Å². The molecule has 0 aliphatic heterocycles. The van der Waals surface area contributed by atoms with Crippen molar-refractivity contribution in [3.63, 3.8) is 0 Å². The van der Waals surface area contributed by atoms with Gasteiger partial charge in [-0.05, 0) is 35.8 Å². The first kappa shape index (κ1) is 24.6. The lowest BCUT2D eigenvalue weighted by Crippen LogP contribution is -2.36. The van der Waals surface area contributed by atoms with E-state index in [1.807, 2.05) is 0 Å². The fourth-order valence-corrected chi connectivity index (χ4v) is 3.99. The molecule has 0 fully saturated rings. The number of pyridine rings is 2. The quantitative estimate of drug-likeness (QED) is 0.319. The molecule has 2 heterocycles. The number of rotatable bonds is 13. The van der Waals surface area contributed by atoms with Gasteiger partial charge in [-0.15, -0.1) is 0 Å². The molecule has 0 radical (unpaired) electrons. The van der Waals surface area contributed by atoms with Gasteiger partial charge in [-0.2, -0.15) is 0 Å². The zero-order valence-corrected chi connectivity index (χ0v) is 20.5. The van der Waals surface area contributed by atoms with Crippen molar-refractivity contribution in [3.05, 3.63) is 49.1 Å². The highest BCUT2D eigenvalue weighted by Crippen LogP contribution is 2.18. The summed E-state index contributed by atoms with van der Waals surface area (Å²) < 4.78 is 4.68. The number of aromatic nitrogens is 2. The molecule has 2 heteroatoms. The number of hydrogen-bond donors (Lipinski definition) is 0. The first-order chi connectivity index (χ1) is 14.4. The molecule has 0 aromatic carbocycles. The predicted molar refractivity (Wildman–Crippen MR) is 128 cm³/mol. The van der Waals surface area contributed by atoms with Crippen molar-refractivity contribution in [2.45, 2.75) is 93.2 Å². The molecule has 4 unspecified atom stereocenters. The van der Waals surface area contributed by atoms with Crippen molar-refractivity contribution in [2.75, 3.05) is 0 Å². The summed E-state index contributed by atoms with van der Waals surface area (Å²) in [5, 5.41) is 0. The van der Waals surface area contributed by atoms with Gasteiger partial charge in [0.2, 0.25) is 0 Å². The third-order valence-corrected chi connectivity index (χ3v) is 6.86. The lowest BCUT2D eigenvalue weighted by molar-refractivity contribution is -0.703. The van der Waals surface area contributed by atoms with Crippen molar-refractivity contribution >= 4 is 0 Å². The highest BCUT2D eigenvalue weighted by molar-refractivity contribution is 5.60. The Labute approximate surface area is 186 Å². The molecule has 0 saturated carbocycles. The molecule has 0 amide bonds. The van der Waals surface area contributed by atoms with Crippen LogP contribution in [0.4, 0.5) is 0 Å². The van der Waals surface area contributed by atoms with E-state index in [-0.39, 0.29) is 0 Å². The molecule has 2 aromatic heterocycles. The van der Waals surface area contributed by atoms with Gasteiger partial charge < -0.3 is 0 Å². The van der Waals surface area contributed by atoms with Crippen molar-refractivity contribution in [3.8, 4) is 11.1 Å². The third kappa shape index (κ3) is 8.58. The van der Waals surface area contributed by atoms with Gasteiger partial charge in [0.1, 0.15) is 0 Å². The molecule has 0 aliphatic rings. The maximum absolute atomic E-state index is 2.38. The topological polar surface area (TPSA) is 7.76 Å². The van der Waals surface area contributed by atoms with Crippen LogP contribution < -0.4 is 9.13 Å². The van der Waals surface area contributed by atoms with Gasteiger partial charge in [0.15, 0.2) is 37.9 Å². The molecule has 0 spiro atoms. The third-order valence-electron chi connectivity index (χ3n) is 6.86. The molecule has 2 aromatic rings. The van der Waals surface area contributed by atoms with Gasteiger partial charge in [0.25, 0.3) is 0 Å². The molecular weight excluding hydrogens is 364 g/mol. The molecule has 0 bridgehead atoms. The van der Waals surface area contributed by atoms with Crippen molar-refractivity contribution in [2.24, 2.45) is 23.7 Å². The summed E-state index contributed by atoms with van der Waals surface area (Å²) >= 11 is 0. The average Bonchev–Trinajstić information content (AvgIpc) is 2.76. The van der Waals surface area contributed by atoms with E-state index >= 15 is 0 Å². The first-order valence-corrected chi connectivity index (χ1v) is 12.4. The first-order valence-electron chi connectivity index (χ1n) is 12.4. The summed E-state index contributed by atoms with van der Waals surface area (Å²) in [6.07, 6.45) is 16.9. The lowest BCUT2D eigenvalue weighted by Gasteiger charge is -2.12. The number of nitrogens with zero attached hydrogens (tertiary/aromatic N) is 2. The lowest BCUT2D eigenvalue weighted by atomic mass is 9.96. The van der Waals surface area contributed by atoms with E-state index in [1.165, 1.54) is 49.7 Å². The molecule has 0 saturated heterocycles. The molecule has 166 valence electrons. The Kier molecular flexibility index (Phi) is 10.5. The maximum Gasteiger partial charge on any atom is 0.169 e. The van der Waals surface area contributed by atoms with Crippen LogP contribution in [0.5, 0.6) is 0 Å². The maximum atomic E-state index is 2.38. The van der Waals surface area contributed by atoms with E-state index < -0.39 is 0 Å². The summed E-state index contributed by atoms with van der Waals surface area (Å²) in [6, 6.07) is 9.04. The Balaban J connectivity index is 1.86. The SMILES string of the molecule is CCC(C)CCC(C)C[n+]1ccc(-c2cc[n+](CC(C)CCC(C)CC)cc2)cc1. The summed E-state index contributed by atoms with van der Waals surface area (Å²) in [6.45, 7) is 16.3. The summed E-state index contributed by atoms with van der Waals surface area (Å²) in [5.41, 5.74) is 2.60. The van der Waals surface area contributed by atoms with Crippen LogP contribution in [0.2, 0.25) is 0 Å². The van der Waals surface area contributed by atoms with Crippen LogP contribution in [0, 0.1) is 23.7 Å². The summed E-state index contributed by atoms with van der Waals surface area (Å²) in [4.78, 5) is 0. The van der Waals surface area contributed by atoms with E-state index in [4.69, 9.17) is 0 Å².